The fourth-order valence-electron chi connectivity index (χ4n) is 1.98. The Bertz CT molecular complexity index is 462. The van der Waals surface area contributed by atoms with Crippen molar-refractivity contribution in [2.75, 3.05) is 0 Å². The third-order valence-corrected chi connectivity index (χ3v) is 2.83. The van der Waals surface area contributed by atoms with E-state index in [1.807, 2.05) is 30.3 Å². The van der Waals surface area contributed by atoms with E-state index < -0.39 is 0 Å². The van der Waals surface area contributed by atoms with E-state index in [2.05, 4.69) is 24.3 Å². The summed E-state index contributed by atoms with van der Waals surface area (Å²) in [6, 6.07) is 18.5. The molecule has 0 fully saturated rings. The van der Waals surface area contributed by atoms with Crippen LogP contribution in [0, 0.1) is 0 Å². The fourth-order valence-corrected chi connectivity index (χ4v) is 1.98. The van der Waals surface area contributed by atoms with Gasteiger partial charge in [-0.1, -0.05) is 42.5 Å². The first-order valence-electron chi connectivity index (χ1n) is 5.23. The summed E-state index contributed by atoms with van der Waals surface area (Å²) in [7, 11) is 0. The van der Waals surface area contributed by atoms with Crippen LogP contribution >= 0.6 is 0 Å². The lowest BCUT2D eigenvalue weighted by Gasteiger charge is -2.30. The van der Waals surface area contributed by atoms with Crippen LogP contribution in [0.15, 0.2) is 54.6 Å². The van der Waals surface area contributed by atoms with Crippen molar-refractivity contribution in [3.05, 3.63) is 65.7 Å². The first kappa shape index (κ1) is 8.54. The van der Waals surface area contributed by atoms with Crippen molar-refractivity contribution in [1.29, 1.82) is 0 Å². The molecule has 1 aliphatic rings. The van der Waals surface area contributed by atoms with Crippen LogP contribution in [0.1, 0.15) is 17.2 Å². The average Bonchev–Trinajstić information content (AvgIpc) is 2.27. The molecule has 0 saturated heterocycles. The highest BCUT2D eigenvalue weighted by Crippen LogP contribution is 2.36. The van der Waals surface area contributed by atoms with E-state index >= 15 is 0 Å². The molecule has 15 heavy (non-hydrogen) atoms. The number of hydrogen-bond acceptors (Lipinski definition) is 1. The second kappa shape index (κ2) is 3.43. The maximum absolute atomic E-state index is 5.88. The molecule has 2 aromatic rings. The second-order valence-corrected chi connectivity index (χ2v) is 3.82. The van der Waals surface area contributed by atoms with Gasteiger partial charge in [0.1, 0.15) is 11.9 Å². The van der Waals surface area contributed by atoms with E-state index in [-0.39, 0.29) is 6.10 Å². The van der Waals surface area contributed by atoms with Crippen LogP contribution < -0.4 is 4.74 Å². The maximum atomic E-state index is 5.88. The van der Waals surface area contributed by atoms with E-state index in [9.17, 15) is 0 Å². The monoisotopic (exact) mass is 196 g/mol. The molecule has 3 rings (SSSR count). The van der Waals surface area contributed by atoms with E-state index in [1.165, 1.54) is 11.1 Å². The number of para-hydroxylation sites is 1. The molecule has 1 aliphatic carbocycles. The van der Waals surface area contributed by atoms with Gasteiger partial charge in [0.2, 0.25) is 0 Å². The van der Waals surface area contributed by atoms with Gasteiger partial charge in [0, 0.05) is 6.42 Å². The van der Waals surface area contributed by atoms with Crippen LogP contribution in [0.4, 0.5) is 0 Å². The van der Waals surface area contributed by atoms with Gasteiger partial charge in [-0.3, -0.25) is 0 Å². The van der Waals surface area contributed by atoms with Gasteiger partial charge in [-0.05, 0) is 23.3 Å². The normalized spacial score (nSPS) is 17.7. The first-order chi connectivity index (χ1) is 7.43. The van der Waals surface area contributed by atoms with Crippen LogP contribution in [0.2, 0.25) is 0 Å². The summed E-state index contributed by atoms with van der Waals surface area (Å²) in [6.07, 6.45) is 1.29. The zero-order valence-corrected chi connectivity index (χ0v) is 8.39. The molecular weight excluding hydrogens is 184 g/mol. The largest absolute Gasteiger partial charge is 0.485 e. The maximum Gasteiger partial charge on any atom is 0.128 e. The molecule has 0 N–H and O–H groups in total. The van der Waals surface area contributed by atoms with Crippen LogP contribution in [-0.2, 0) is 6.42 Å². The van der Waals surface area contributed by atoms with Gasteiger partial charge >= 0.3 is 0 Å². The summed E-state index contributed by atoms with van der Waals surface area (Å²) < 4.78 is 5.88. The lowest BCUT2D eigenvalue weighted by molar-refractivity contribution is 0.181. The molecule has 0 saturated carbocycles. The minimum atomic E-state index is 0.253. The molecule has 1 atom stereocenters. The predicted octanol–water partition coefficient (Wildman–Crippen LogP) is 3.36. The predicted molar refractivity (Wildman–Crippen MR) is 60.0 cm³/mol. The summed E-state index contributed by atoms with van der Waals surface area (Å²) in [5.74, 6) is 0.956. The SMILES string of the molecule is c1ccc(OC2Cc3ccccc32)cc1. The molecule has 0 aliphatic heterocycles. The highest BCUT2D eigenvalue weighted by atomic mass is 16.5. The van der Waals surface area contributed by atoms with Crippen LogP contribution in [0.5, 0.6) is 5.75 Å². The Kier molecular flexibility index (Phi) is 1.95. The minimum Gasteiger partial charge on any atom is -0.485 e. The number of ether oxygens (including phenoxy) is 1. The molecule has 1 unspecified atom stereocenters. The first-order valence-corrected chi connectivity index (χ1v) is 5.23. The molecule has 2 aromatic carbocycles. The molecule has 0 aromatic heterocycles. The van der Waals surface area contributed by atoms with Crippen molar-refractivity contribution >= 4 is 0 Å². The highest BCUT2D eigenvalue weighted by Gasteiger charge is 2.26. The van der Waals surface area contributed by atoms with Crippen molar-refractivity contribution < 1.29 is 4.74 Å². The van der Waals surface area contributed by atoms with E-state index in [1.54, 1.807) is 0 Å². The van der Waals surface area contributed by atoms with Crippen molar-refractivity contribution in [1.82, 2.24) is 0 Å². The Morgan fingerprint density at radius 2 is 1.60 bits per heavy atom. The molecule has 0 bridgehead atoms. The number of rotatable bonds is 2. The molecule has 0 heterocycles. The van der Waals surface area contributed by atoms with Crippen LogP contribution in [-0.4, -0.2) is 0 Å². The Morgan fingerprint density at radius 3 is 2.40 bits per heavy atom. The number of fused-ring (bicyclic) bond motifs is 1. The third-order valence-electron chi connectivity index (χ3n) is 2.83. The summed E-state index contributed by atoms with van der Waals surface area (Å²) in [6.45, 7) is 0. The standard InChI is InChI=1S/C14H12O/c1-2-7-12(8-3-1)15-14-10-11-6-4-5-9-13(11)14/h1-9,14H,10H2. The van der Waals surface area contributed by atoms with Gasteiger partial charge in [-0.2, -0.15) is 0 Å². The van der Waals surface area contributed by atoms with Crippen LogP contribution in [0.25, 0.3) is 0 Å². The Labute approximate surface area is 89.3 Å². The fraction of sp³-hybridized carbons (Fsp3) is 0.143. The molecule has 1 nitrogen and oxygen atoms in total. The smallest absolute Gasteiger partial charge is 0.128 e. The molecule has 1 heteroatoms. The van der Waals surface area contributed by atoms with Gasteiger partial charge in [0.25, 0.3) is 0 Å². The zero-order chi connectivity index (χ0) is 10.1. The highest BCUT2D eigenvalue weighted by molar-refractivity contribution is 5.39. The van der Waals surface area contributed by atoms with Gasteiger partial charge in [0.15, 0.2) is 0 Å². The lowest BCUT2D eigenvalue weighted by Crippen LogP contribution is -2.22. The lowest BCUT2D eigenvalue weighted by atomic mass is 9.85. The minimum absolute atomic E-state index is 0.253. The number of benzene rings is 2. The Morgan fingerprint density at radius 1 is 0.867 bits per heavy atom. The van der Waals surface area contributed by atoms with Crippen molar-refractivity contribution in [3.8, 4) is 5.75 Å². The van der Waals surface area contributed by atoms with Crippen molar-refractivity contribution in [3.63, 3.8) is 0 Å². The summed E-state index contributed by atoms with van der Waals surface area (Å²) in [5.41, 5.74) is 2.75. The quantitative estimate of drug-likeness (QED) is 0.715. The zero-order valence-electron chi connectivity index (χ0n) is 8.39. The molecular formula is C14H12O. The summed E-state index contributed by atoms with van der Waals surface area (Å²) >= 11 is 0. The molecule has 0 amide bonds. The molecule has 0 radical (unpaired) electrons. The van der Waals surface area contributed by atoms with Gasteiger partial charge in [0.05, 0.1) is 0 Å². The van der Waals surface area contributed by atoms with E-state index in [4.69, 9.17) is 4.74 Å². The van der Waals surface area contributed by atoms with E-state index in [0.29, 0.717) is 0 Å². The van der Waals surface area contributed by atoms with Gasteiger partial charge in [-0.25, -0.2) is 0 Å². The Hall–Kier alpha value is -1.76. The van der Waals surface area contributed by atoms with E-state index in [0.717, 1.165) is 12.2 Å². The van der Waals surface area contributed by atoms with Gasteiger partial charge in [-0.15, -0.1) is 0 Å². The number of hydrogen-bond donors (Lipinski definition) is 0. The Balaban J connectivity index is 1.79. The van der Waals surface area contributed by atoms with Crippen LogP contribution in [0.3, 0.4) is 0 Å². The van der Waals surface area contributed by atoms with Gasteiger partial charge < -0.3 is 4.74 Å². The summed E-state index contributed by atoms with van der Waals surface area (Å²) in [5, 5.41) is 0. The summed E-state index contributed by atoms with van der Waals surface area (Å²) in [4.78, 5) is 0. The third kappa shape index (κ3) is 1.50. The topological polar surface area (TPSA) is 9.23 Å². The second-order valence-electron chi connectivity index (χ2n) is 3.82. The molecule has 74 valence electrons. The van der Waals surface area contributed by atoms with Crippen molar-refractivity contribution in [2.45, 2.75) is 12.5 Å². The average molecular weight is 196 g/mol. The van der Waals surface area contributed by atoms with Crippen molar-refractivity contribution in [2.24, 2.45) is 0 Å². The molecule has 0 spiro atoms.